The van der Waals surface area contributed by atoms with Crippen LogP contribution < -0.4 is 10.6 Å². The lowest BCUT2D eigenvalue weighted by atomic mass is 10.0. The maximum absolute atomic E-state index is 11.9. The third-order valence-corrected chi connectivity index (χ3v) is 5.66. The minimum atomic E-state index is -0.476. The van der Waals surface area contributed by atoms with E-state index >= 15 is 0 Å². The summed E-state index contributed by atoms with van der Waals surface area (Å²) in [6.07, 6.45) is 3.68. The van der Waals surface area contributed by atoms with Crippen molar-refractivity contribution in [2.45, 2.75) is 44.3 Å². The van der Waals surface area contributed by atoms with Gasteiger partial charge < -0.3 is 18.9 Å². The van der Waals surface area contributed by atoms with E-state index in [1.165, 1.54) is 0 Å². The Hall–Kier alpha value is -3.10. The molecule has 2 heterocycles. The smallest absolute Gasteiger partial charge is 0.411 e. The van der Waals surface area contributed by atoms with Crippen LogP contribution in [0.15, 0.2) is 48.5 Å². The highest BCUT2D eigenvalue weighted by Gasteiger charge is 2.18. The molecule has 2 aromatic carbocycles. The van der Waals surface area contributed by atoms with Crippen LogP contribution in [0, 0.1) is 0 Å². The van der Waals surface area contributed by atoms with E-state index in [1.807, 2.05) is 48.5 Å². The Labute approximate surface area is 193 Å². The molecule has 0 aromatic heterocycles. The molecule has 2 aliphatic rings. The molecule has 2 aromatic rings. The molecule has 33 heavy (non-hydrogen) atoms. The van der Waals surface area contributed by atoms with Crippen molar-refractivity contribution in [3.8, 4) is 0 Å². The average molecular weight is 455 g/mol. The molecule has 0 bridgehead atoms. The topological polar surface area (TPSA) is 95.1 Å². The second-order valence-electron chi connectivity index (χ2n) is 8.29. The van der Waals surface area contributed by atoms with Crippen molar-refractivity contribution in [3.63, 3.8) is 0 Å². The number of anilines is 2. The zero-order valence-electron chi connectivity index (χ0n) is 18.6. The number of carbonyl (C=O) groups is 2. The van der Waals surface area contributed by atoms with Crippen LogP contribution in [0.4, 0.5) is 21.0 Å². The highest BCUT2D eigenvalue weighted by Crippen LogP contribution is 2.17. The van der Waals surface area contributed by atoms with Gasteiger partial charge in [0.1, 0.15) is 13.2 Å². The number of amides is 2. The van der Waals surface area contributed by atoms with Gasteiger partial charge in [0.15, 0.2) is 0 Å². The quantitative estimate of drug-likeness (QED) is 0.599. The van der Waals surface area contributed by atoms with Gasteiger partial charge in [-0.2, -0.15) is 0 Å². The highest BCUT2D eigenvalue weighted by atomic mass is 16.6. The summed E-state index contributed by atoms with van der Waals surface area (Å²) in [5.41, 5.74) is 3.56. The average Bonchev–Trinajstić information content (AvgIpc) is 3.53. The number of rotatable bonds is 8. The molecule has 2 atom stereocenters. The van der Waals surface area contributed by atoms with Crippen LogP contribution in [-0.2, 0) is 25.4 Å². The van der Waals surface area contributed by atoms with Gasteiger partial charge in [0, 0.05) is 24.6 Å². The predicted molar refractivity (Wildman–Crippen MR) is 124 cm³/mol. The lowest BCUT2D eigenvalue weighted by molar-refractivity contribution is 0.0484. The molecule has 0 saturated carbocycles. The van der Waals surface area contributed by atoms with Crippen LogP contribution in [-0.4, -0.2) is 50.8 Å². The molecule has 2 fully saturated rings. The van der Waals surface area contributed by atoms with Gasteiger partial charge in [0.05, 0.1) is 12.2 Å². The molecule has 0 spiro atoms. The summed E-state index contributed by atoms with van der Waals surface area (Å²) >= 11 is 0. The second-order valence-corrected chi connectivity index (χ2v) is 8.29. The van der Waals surface area contributed by atoms with E-state index in [4.69, 9.17) is 18.9 Å². The Morgan fingerprint density at radius 2 is 1.15 bits per heavy atom. The number of carbonyl (C=O) groups excluding carboxylic acids is 2. The first-order valence-electron chi connectivity index (χ1n) is 11.4. The molecule has 0 aliphatic carbocycles. The van der Waals surface area contributed by atoms with Gasteiger partial charge in [-0.3, -0.25) is 10.6 Å². The van der Waals surface area contributed by atoms with Gasteiger partial charge in [-0.1, -0.05) is 24.3 Å². The van der Waals surface area contributed by atoms with Gasteiger partial charge in [-0.25, -0.2) is 9.59 Å². The van der Waals surface area contributed by atoms with Crippen LogP contribution >= 0.6 is 0 Å². The van der Waals surface area contributed by atoms with E-state index in [2.05, 4.69) is 10.6 Å². The molecule has 8 heteroatoms. The summed E-state index contributed by atoms with van der Waals surface area (Å²) in [6.45, 7) is 2.03. The molecule has 2 saturated heterocycles. The first-order chi connectivity index (χ1) is 16.1. The van der Waals surface area contributed by atoms with Crippen molar-refractivity contribution < 1.29 is 28.5 Å². The zero-order chi connectivity index (χ0) is 22.9. The van der Waals surface area contributed by atoms with Crippen molar-refractivity contribution in [3.05, 3.63) is 59.7 Å². The fourth-order valence-electron chi connectivity index (χ4n) is 3.84. The first-order valence-corrected chi connectivity index (χ1v) is 11.4. The minimum absolute atomic E-state index is 0.0110. The number of ether oxygens (including phenoxy) is 4. The Kier molecular flexibility index (Phi) is 8.16. The maximum Gasteiger partial charge on any atom is 0.411 e. The summed E-state index contributed by atoms with van der Waals surface area (Å²) in [7, 11) is 0. The van der Waals surface area contributed by atoms with Crippen molar-refractivity contribution in [2.24, 2.45) is 0 Å². The standard InChI is InChI=1S/C25H30N2O6/c28-24(32-16-22-3-1-13-30-22)26-20-9-5-18(6-10-20)15-19-7-11-21(12-8-19)27-25(29)33-17-23-4-2-14-31-23/h5-12,22-23H,1-4,13-17H2,(H,26,28)(H,27,29)/t22-,23-/m0/s1. The van der Waals surface area contributed by atoms with E-state index < -0.39 is 12.2 Å². The molecule has 176 valence electrons. The van der Waals surface area contributed by atoms with Crippen molar-refractivity contribution >= 4 is 23.6 Å². The molecular weight excluding hydrogens is 424 g/mol. The van der Waals surface area contributed by atoms with Gasteiger partial charge in [-0.15, -0.1) is 0 Å². The Morgan fingerprint density at radius 1 is 0.727 bits per heavy atom. The Morgan fingerprint density at radius 3 is 1.52 bits per heavy atom. The summed E-state index contributed by atoms with van der Waals surface area (Å²) in [6, 6.07) is 15.2. The van der Waals surface area contributed by atoms with Crippen molar-refractivity contribution in [2.75, 3.05) is 37.1 Å². The summed E-state index contributed by atoms with van der Waals surface area (Å²) in [5.74, 6) is 0. The van der Waals surface area contributed by atoms with Crippen LogP contribution in [0.2, 0.25) is 0 Å². The van der Waals surface area contributed by atoms with E-state index in [1.54, 1.807) is 0 Å². The summed E-state index contributed by atoms with van der Waals surface area (Å²) in [5, 5.41) is 5.47. The van der Waals surface area contributed by atoms with Crippen molar-refractivity contribution in [1.82, 2.24) is 0 Å². The maximum atomic E-state index is 11.9. The third-order valence-electron chi connectivity index (χ3n) is 5.66. The fraction of sp³-hybridized carbons (Fsp3) is 0.440. The largest absolute Gasteiger partial charge is 0.447 e. The molecule has 4 rings (SSSR count). The molecule has 8 nitrogen and oxygen atoms in total. The summed E-state index contributed by atoms with van der Waals surface area (Å²) in [4.78, 5) is 23.9. The predicted octanol–water partition coefficient (Wildman–Crippen LogP) is 4.73. The van der Waals surface area contributed by atoms with Gasteiger partial charge in [0.25, 0.3) is 0 Å². The number of benzene rings is 2. The number of nitrogens with one attached hydrogen (secondary N) is 2. The van der Waals surface area contributed by atoms with Gasteiger partial charge in [0.2, 0.25) is 0 Å². The molecular formula is C25H30N2O6. The van der Waals surface area contributed by atoms with Crippen LogP contribution in [0.5, 0.6) is 0 Å². The first kappa shape index (κ1) is 23.1. The van der Waals surface area contributed by atoms with E-state index in [0.717, 1.165) is 56.4 Å². The third kappa shape index (κ3) is 7.47. The number of hydrogen-bond donors (Lipinski definition) is 2. The van der Waals surface area contributed by atoms with Crippen LogP contribution in [0.3, 0.4) is 0 Å². The second kappa shape index (κ2) is 11.7. The fourth-order valence-corrected chi connectivity index (χ4v) is 3.84. The van der Waals surface area contributed by atoms with E-state index in [-0.39, 0.29) is 25.4 Å². The van der Waals surface area contributed by atoms with Crippen LogP contribution in [0.1, 0.15) is 36.8 Å². The monoisotopic (exact) mass is 454 g/mol. The molecule has 0 unspecified atom stereocenters. The molecule has 2 aliphatic heterocycles. The zero-order valence-corrected chi connectivity index (χ0v) is 18.6. The number of hydrogen-bond acceptors (Lipinski definition) is 6. The van der Waals surface area contributed by atoms with E-state index in [0.29, 0.717) is 11.4 Å². The van der Waals surface area contributed by atoms with Gasteiger partial charge >= 0.3 is 12.2 Å². The Balaban J connectivity index is 1.19. The minimum Gasteiger partial charge on any atom is -0.447 e. The highest BCUT2D eigenvalue weighted by molar-refractivity contribution is 5.85. The normalized spacial score (nSPS) is 19.8. The van der Waals surface area contributed by atoms with Gasteiger partial charge in [-0.05, 0) is 67.5 Å². The lowest BCUT2D eigenvalue weighted by Gasteiger charge is -2.12. The van der Waals surface area contributed by atoms with E-state index in [9.17, 15) is 9.59 Å². The molecule has 0 radical (unpaired) electrons. The lowest BCUT2D eigenvalue weighted by Crippen LogP contribution is -2.21. The Bertz CT molecular complexity index is 828. The SMILES string of the molecule is O=C(Nc1ccc(Cc2ccc(NC(=O)OC[C@@H]3CCCO3)cc2)cc1)OC[C@@H]1CCCO1. The molecule has 2 amide bonds. The molecule has 2 N–H and O–H groups in total. The van der Waals surface area contributed by atoms with Crippen LogP contribution in [0.25, 0.3) is 0 Å². The summed E-state index contributed by atoms with van der Waals surface area (Å²) < 4.78 is 21.3. The van der Waals surface area contributed by atoms with Crippen molar-refractivity contribution in [1.29, 1.82) is 0 Å².